The van der Waals surface area contributed by atoms with Gasteiger partial charge in [-0.15, -0.1) is 22.7 Å². The quantitative estimate of drug-likeness (QED) is 0.682. The normalized spacial score (nSPS) is 18.3. The van der Waals surface area contributed by atoms with E-state index in [2.05, 4.69) is 9.71 Å². The SMILES string of the molecule is Cc1nc2sccn2c1C(=O)N1CCCC(CNS(=O)(=O)c2cccs2)C1. The molecule has 144 valence electrons. The van der Waals surface area contributed by atoms with Crippen LogP contribution in [0.5, 0.6) is 0 Å². The van der Waals surface area contributed by atoms with Gasteiger partial charge in [0.05, 0.1) is 5.69 Å². The molecule has 1 fully saturated rings. The Kier molecular flexibility index (Phi) is 5.06. The number of aryl methyl sites for hydroxylation is 1. The van der Waals surface area contributed by atoms with Crippen LogP contribution in [0.15, 0.2) is 33.3 Å². The number of piperidine rings is 1. The fourth-order valence-corrected chi connectivity index (χ4v) is 6.35. The van der Waals surface area contributed by atoms with Gasteiger partial charge in [0.2, 0.25) is 10.0 Å². The van der Waals surface area contributed by atoms with E-state index in [1.165, 1.54) is 22.7 Å². The maximum atomic E-state index is 13.1. The van der Waals surface area contributed by atoms with Gasteiger partial charge in [-0.1, -0.05) is 6.07 Å². The molecule has 0 aliphatic carbocycles. The van der Waals surface area contributed by atoms with E-state index in [4.69, 9.17) is 0 Å². The molecule has 1 saturated heterocycles. The number of thiophene rings is 1. The van der Waals surface area contributed by atoms with Crippen LogP contribution in [0.1, 0.15) is 29.0 Å². The topological polar surface area (TPSA) is 83.8 Å². The molecule has 1 aliphatic heterocycles. The van der Waals surface area contributed by atoms with Crippen LogP contribution in [0.2, 0.25) is 0 Å². The standard InChI is InChI=1S/C17H20N4O3S3/c1-12-15(21-7-9-26-17(21)19-12)16(22)20-6-2-4-13(11-20)10-18-27(23,24)14-5-3-8-25-14/h3,5,7-9,13,18H,2,4,6,10-11H2,1H3. The van der Waals surface area contributed by atoms with E-state index in [0.29, 0.717) is 29.5 Å². The lowest BCUT2D eigenvalue weighted by atomic mass is 9.98. The summed E-state index contributed by atoms with van der Waals surface area (Å²) >= 11 is 2.70. The van der Waals surface area contributed by atoms with Crippen molar-refractivity contribution in [1.29, 1.82) is 0 Å². The van der Waals surface area contributed by atoms with Crippen molar-refractivity contribution >= 4 is 43.6 Å². The molecule has 0 spiro atoms. The molecule has 27 heavy (non-hydrogen) atoms. The van der Waals surface area contributed by atoms with E-state index in [9.17, 15) is 13.2 Å². The molecule has 3 aromatic heterocycles. The van der Waals surface area contributed by atoms with Crippen LogP contribution in [0.4, 0.5) is 0 Å². The molecule has 10 heteroatoms. The molecule has 3 aromatic rings. The number of imidazole rings is 1. The molecule has 0 saturated carbocycles. The van der Waals surface area contributed by atoms with Gasteiger partial charge >= 0.3 is 0 Å². The second-order valence-corrected chi connectivity index (χ2v) is 10.5. The Morgan fingerprint density at radius 3 is 3.00 bits per heavy atom. The molecular weight excluding hydrogens is 404 g/mol. The lowest BCUT2D eigenvalue weighted by molar-refractivity contribution is 0.0668. The fourth-order valence-electron chi connectivity index (χ4n) is 3.43. The first kappa shape index (κ1) is 18.6. The highest BCUT2D eigenvalue weighted by atomic mass is 32.2. The molecule has 1 aliphatic rings. The first-order chi connectivity index (χ1) is 13.0. The zero-order valence-electron chi connectivity index (χ0n) is 14.8. The van der Waals surface area contributed by atoms with Gasteiger partial charge in [0, 0.05) is 31.2 Å². The van der Waals surface area contributed by atoms with Gasteiger partial charge < -0.3 is 4.90 Å². The van der Waals surface area contributed by atoms with Crippen LogP contribution < -0.4 is 4.72 Å². The van der Waals surface area contributed by atoms with E-state index in [0.717, 1.165) is 23.5 Å². The predicted octanol–water partition coefficient (Wildman–Crippen LogP) is 2.60. The van der Waals surface area contributed by atoms with E-state index in [1.54, 1.807) is 17.5 Å². The van der Waals surface area contributed by atoms with Crippen LogP contribution in [0, 0.1) is 12.8 Å². The summed E-state index contributed by atoms with van der Waals surface area (Å²) in [6, 6.07) is 3.32. The Balaban J connectivity index is 1.44. The van der Waals surface area contributed by atoms with Crippen LogP contribution in [-0.2, 0) is 10.0 Å². The molecule has 1 amide bonds. The van der Waals surface area contributed by atoms with Gasteiger partial charge in [-0.3, -0.25) is 9.20 Å². The first-order valence-electron chi connectivity index (χ1n) is 8.70. The van der Waals surface area contributed by atoms with Gasteiger partial charge in [0.25, 0.3) is 5.91 Å². The van der Waals surface area contributed by atoms with Crippen molar-refractivity contribution in [1.82, 2.24) is 19.0 Å². The predicted molar refractivity (Wildman–Crippen MR) is 106 cm³/mol. The van der Waals surface area contributed by atoms with E-state index >= 15 is 0 Å². The number of hydrogen-bond acceptors (Lipinski definition) is 6. The zero-order valence-corrected chi connectivity index (χ0v) is 17.2. The first-order valence-corrected chi connectivity index (χ1v) is 11.9. The Morgan fingerprint density at radius 2 is 2.22 bits per heavy atom. The molecule has 4 heterocycles. The van der Waals surface area contributed by atoms with Crippen LogP contribution in [0.25, 0.3) is 4.96 Å². The lowest BCUT2D eigenvalue weighted by Gasteiger charge is -2.32. The van der Waals surface area contributed by atoms with Crippen molar-refractivity contribution in [2.24, 2.45) is 5.92 Å². The second-order valence-electron chi connectivity index (χ2n) is 6.64. The van der Waals surface area contributed by atoms with Crippen LogP contribution in [-0.4, -0.2) is 48.2 Å². The van der Waals surface area contributed by atoms with Crippen LogP contribution in [0.3, 0.4) is 0 Å². The number of sulfonamides is 1. The minimum absolute atomic E-state index is 0.0378. The van der Waals surface area contributed by atoms with Crippen molar-refractivity contribution in [3.05, 3.63) is 40.5 Å². The minimum atomic E-state index is -3.47. The van der Waals surface area contributed by atoms with E-state index in [1.807, 2.05) is 27.8 Å². The number of aromatic nitrogens is 2. The summed E-state index contributed by atoms with van der Waals surface area (Å²) in [4.78, 5) is 20.1. The molecule has 0 bridgehead atoms. The maximum absolute atomic E-state index is 13.1. The third-order valence-electron chi connectivity index (χ3n) is 4.77. The van der Waals surface area contributed by atoms with Gasteiger partial charge in [-0.25, -0.2) is 18.1 Å². The lowest BCUT2D eigenvalue weighted by Crippen LogP contribution is -2.44. The van der Waals surface area contributed by atoms with Gasteiger partial charge in [0.15, 0.2) is 4.96 Å². The molecular formula is C17H20N4O3S3. The highest BCUT2D eigenvalue weighted by Gasteiger charge is 2.29. The number of amides is 1. The highest BCUT2D eigenvalue weighted by molar-refractivity contribution is 7.91. The van der Waals surface area contributed by atoms with Gasteiger partial charge in [-0.05, 0) is 37.1 Å². The minimum Gasteiger partial charge on any atom is -0.337 e. The molecule has 1 N–H and O–H groups in total. The summed E-state index contributed by atoms with van der Waals surface area (Å²) < 4.78 is 29.5. The van der Waals surface area contributed by atoms with Crippen molar-refractivity contribution in [3.8, 4) is 0 Å². The fraction of sp³-hybridized carbons (Fsp3) is 0.412. The summed E-state index contributed by atoms with van der Waals surface area (Å²) in [7, 11) is -3.47. The van der Waals surface area contributed by atoms with Crippen molar-refractivity contribution in [2.45, 2.75) is 24.0 Å². The molecule has 0 radical (unpaired) electrons. The second kappa shape index (κ2) is 7.34. The summed E-state index contributed by atoms with van der Waals surface area (Å²) in [5.74, 6) is 0.0628. The monoisotopic (exact) mass is 424 g/mol. The van der Waals surface area contributed by atoms with Crippen molar-refractivity contribution in [3.63, 3.8) is 0 Å². The third-order valence-corrected chi connectivity index (χ3v) is 8.34. The summed E-state index contributed by atoms with van der Waals surface area (Å²) in [6.45, 7) is 3.42. The smallest absolute Gasteiger partial charge is 0.272 e. The molecule has 4 rings (SSSR count). The largest absolute Gasteiger partial charge is 0.337 e. The molecule has 1 atom stereocenters. The summed E-state index contributed by atoms with van der Waals surface area (Å²) in [6.07, 6.45) is 3.63. The van der Waals surface area contributed by atoms with Gasteiger partial charge in [-0.2, -0.15) is 0 Å². The number of hydrogen-bond donors (Lipinski definition) is 1. The number of thiazole rings is 1. The maximum Gasteiger partial charge on any atom is 0.272 e. The number of nitrogens with zero attached hydrogens (tertiary/aromatic N) is 3. The van der Waals surface area contributed by atoms with Crippen molar-refractivity contribution in [2.75, 3.05) is 19.6 Å². The van der Waals surface area contributed by atoms with E-state index in [-0.39, 0.29) is 11.8 Å². The number of fused-ring (bicyclic) bond motifs is 1. The Labute approximate surface area is 165 Å². The number of nitrogens with one attached hydrogen (secondary N) is 1. The molecule has 7 nitrogen and oxygen atoms in total. The number of rotatable bonds is 5. The average molecular weight is 425 g/mol. The summed E-state index contributed by atoms with van der Waals surface area (Å²) in [5.41, 5.74) is 1.33. The van der Waals surface area contributed by atoms with Gasteiger partial charge in [0.1, 0.15) is 9.90 Å². The Hall–Kier alpha value is -1.75. The zero-order chi connectivity index (χ0) is 19.0. The number of carbonyl (C=O) groups is 1. The number of carbonyl (C=O) groups excluding carboxylic acids is 1. The molecule has 1 unspecified atom stereocenters. The Bertz CT molecular complexity index is 1050. The number of likely N-dealkylation sites (tertiary alicyclic amines) is 1. The third kappa shape index (κ3) is 3.66. The van der Waals surface area contributed by atoms with E-state index < -0.39 is 10.0 Å². The summed E-state index contributed by atoms with van der Waals surface area (Å²) in [5, 5.41) is 3.66. The van der Waals surface area contributed by atoms with Crippen LogP contribution >= 0.6 is 22.7 Å². The highest BCUT2D eigenvalue weighted by Crippen LogP contribution is 2.23. The Morgan fingerprint density at radius 1 is 1.37 bits per heavy atom. The average Bonchev–Trinajstić information content (AvgIpc) is 3.37. The van der Waals surface area contributed by atoms with Crippen molar-refractivity contribution < 1.29 is 13.2 Å². The molecule has 0 aromatic carbocycles.